The molecule has 4 heteroatoms. The molecule has 0 unspecified atom stereocenters. The summed E-state index contributed by atoms with van der Waals surface area (Å²) < 4.78 is 0. The molecule has 0 aliphatic carbocycles. The smallest absolute Gasteiger partial charge is 0.201 e. The van der Waals surface area contributed by atoms with Gasteiger partial charge < -0.3 is 0 Å². The largest absolute Gasteiger partial charge is 0.276 e. The van der Waals surface area contributed by atoms with Crippen molar-refractivity contribution in [2.24, 2.45) is 15.3 Å². The first-order valence-corrected chi connectivity index (χ1v) is 8.73. The summed E-state index contributed by atoms with van der Waals surface area (Å²) in [6.45, 7) is 0. The number of hydrazone groups is 1. The number of fused-ring (bicyclic) bond motifs is 1. The summed E-state index contributed by atoms with van der Waals surface area (Å²) in [5, 5.41) is 15.5. The molecule has 130 valence electrons. The fourth-order valence-electron chi connectivity index (χ4n) is 2.70. The molecule has 0 amide bonds. The van der Waals surface area contributed by atoms with E-state index in [1.165, 1.54) is 5.39 Å². The Balaban J connectivity index is 1.70. The van der Waals surface area contributed by atoms with Crippen LogP contribution in [0.3, 0.4) is 0 Å². The molecule has 0 spiro atoms. The Kier molecular flexibility index (Phi) is 4.97. The van der Waals surface area contributed by atoms with Crippen molar-refractivity contribution < 1.29 is 0 Å². The molecule has 0 atom stereocenters. The minimum Gasteiger partial charge on any atom is -0.276 e. The SMILES string of the molecule is c1ccc(N=NC(=NNc2ccccc2)c2ccc3ccccc3c2)cc1. The minimum absolute atomic E-state index is 0.522. The zero-order chi connectivity index (χ0) is 18.3. The Labute approximate surface area is 157 Å². The van der Waals surface area contributed by atoms with Crippen molar-refractivity contribution in [3.8, 4) is 0 Å². The normalized spacial score (nSPS) is 11.8. The predicted octanol–water partition coefficient (Wildman–Crippen LogP) is 6.40. The third-order valence-electron chi connectivity index (χ3n) is 4.09. The molecule has 1 N–H and O–H groups in total. The van der Waals surface area contributed by atoms with Crippen molar-refractivity contribution in [2.75, 3.05) is 5.43 Å². The van der Waals surface area contributed by atoms with E-state index in [0.29, 0.717) is 5.84 Å². The zero-order valence-corrected chi connectivity index (χ0v) is 14.7. The lowest BCUT2D eigenvalue weighted by Gasteiger charge is -2.05. The molecule has 4 rings (SSSR count). The second kappa shape index (κ2) is 8.06. The third-order valence-corrected chi connectivity index (χ3v) is 4.09. The molecular formula is C23H18N4. The van der Waals surface area contributed by atoms with Gasteiger partial charge in [-0.25, -0.2) is 0 Å². The van der Waals surface area contributed by atoms with Gasteiger partial charge >= 0.3 is 0 Å². The number of rotatable bonds is 4. The van der Waals surface area contributed by atoms with Crippen LogP contribution in [0.15, 0.2) is 118 Å². The fourth-order valence-corrected chi connectivity index (χ4v) is 2.70. The molecule has 0 aliphatic heterocycles. The van der Waals surface area contributed by atoms with Gasteiger partial charge in [-0.15, -0.1) is 10.2 Å². The maximum absolute atomic E-state index is 4.49. The second-order valence-electron chi connectivity index (χ2n) is 6.01. The highest BCUT2D eigenvalue weighted by atomic mass is 15.3. The minimum atomic E-state index is 0.522. The first kappa shape index (κ1) is 16.7. The Hall–Kier alpha value is -3.79. The lowest BCUT2D eigenvalue weighted by atomic mass is 10.1. The van der Waals surface area contributed by atoms with Gasteiger partial charge in [0.1, 0.15) is 0 Å². The standard InChI is InChI=1S/C23H18N4/c1-3-11-21(12-4-1)24-26-23(27-25-22-13-5-2-6-14-22)20-16-15-18-9-7-8-10-19(18)17-20/h1-17,24H. The van der Waals surface area contributed by atoms with Crippen LogP contribution in [0.1, 0.15) is 5.56 Å². The first-order valence-electron chi connectivity index (χ1n) is 8.73. The first-order chi connectivity index (χ1) is 13.4. The number of nitrogens with zero attached hydrogens (tertiary/aromatic N) is 3. The number of hydrogen-bond acceptors (Lipinski definition) is 3. The van der Waals surface area contributed by atoms with Crippen LogP contribution >= 0.6 is 0 Å². The Morgan fingerprint density at radius 1 is 0.630 bits per heavy atom. The van der Waals surface area contributed by atoms with E-state index < -0.39 is 0 Å². The highest BCUT2D eigenvalue weighted by molar-refractivity contribution is 6.02. The molecule has 0 radical (unpaired) electrons. The van der Waals surface area contributed by atoms with Crippen molar-refractivity contribution in [3.05, 3.63) is 109 Å². The van der Waals surface area contributed by atoms with E-state index >= 15 is 0 Å². The van der Waals surface area contributed by atoms with E-state index in [1.54, 1.807) is 0 Å². The highest BCUT2D eigenvalue weighted by Crippen LogP contribution is 2.18. The van der Waals surface area contributed by atoms with Gasteiger partial charge in [0.2, 0.25) is 5.84 Å². The molecule has 0 aromatic heterocycles. The topological polar surface area (TPSA) is 49.1 Å². The van der Waals surface area contributed by atoms with Gasteiger partial charge in [0.05, 0.1) is 11.4 Å². The van der Waals surface area contributed by atoms with Crippen LogP contribution in [0, 0.1) is 0 Å². The Morgan fingerprint density at radius 3 is 2.07 bits per heavy atom. The third kappa shape index (κ3) is 4.25. The quantitative estimate of drug-likeness (QED) is 0.197. The van der Waals surface area contributed by atoms with Gasteiger partial charge in [-0.2, -0.15) is 5.10 Å². The van der Waals surface area contributed by atoms with Crippen LogP contribution in [0.5, 0.6) is 0 Å². The van der Waals surface area contributed by atoms with Crippen LogP contribution in [0.4, 0.5) is 11.4 Å². The molecule has 0 saturated heterocycles. The summed E-state index contributed by atoms with van der Waals surface area (Å²) in [5.74, 6) is 0.522. The number of amidine groups is 1. The maximum Gasteiger partial charge on any atom is 0.201 e. The van der Waals surface area contributed by atoms with E-state index in [9.17, 15) is 0 Å². The van der Waals surface area contributed by atoms with E-state index in [4.69, 9.17) is 0 Å². The lowest BCUT2D eigenvalue weighted by Crippen LogP contribution is -2.01. The van der Waals surface area contributed by atoms with Crippen LogP contribution in [-0.4, -0.2) is 5.84 Å². The van der Waals surface area contributed by atoms with Gasteiger partial charge in [-0.1, -0.05) is 72.8 Å². The van der Waals surface area contributed by atoms with Gasteiger partial charge in [-0.3, -0.25) is 5.43 Å². The number of azo groups is 1. The van der Waals surface area contributed by atoms with Gasteiger partial charge in [-0.05, 0) is 41.1 Å². The number of hydrogen-bond donors (Lipinski definition) is 1. The van der Waals surface area contributed by atoms with Crippen molar-refractivity contribution in [2.45, 2.75) is 0 Å². The Morgan fingerprint density at radius 2 is 1.30 bits per heavy atom. The molecule has 0 saturated carbocycles. The summed E-state index contributed by atoms with van der Waals surface area (Å²) >= 11 is 0. The lowest BCUT2D eigenvalue weighted by molar-refractivity contribution is 1.22. The van der Waals surface area contributed by atoms with E-state index in [0.717, 1.165) is 22.3 Å². The van der Waals surface area contributed by atoms with E-state index in [2.05, 4.69) is 45.0 Å². The number of para-hydroxylation sites is 1. The molecule has 0 fully saturated rings. The van der Waals surface area contributed by atoms with Crippen LogP contribution < -0.4 is 5.43 Å². The molecule has 0 aliphatic rings. The van der Waals surface area contributed by atoms with Crippen LogP contribution in [0.25, 0.3) is 10.8 Å². The zero-order valence-electron chi connectivity index (χ0n) is 14.7. The maximum atomic E-state index is 4.49. The summed E-state index contributed by atoms with van der Waals surface area (Å²) in [4.78, 5) is 0. The molecule has 4 aromatic rings. The van der Waals surface area contributed by atoms with Crippen molar-refractivity contribution in [1.29, 1.82) is 0 Å². The summed E-state index contributed by atoms with van der Waals surface area (Å²) in [5.41, 5.74) is 5.64. The monoisotopic (exact) mass is 350 g/mol. The fraction of sp³-hybridized carbons (Fsp3) is 0. The summed E-state index contributed by atoms with van der Waals surface area (Å²) in [6, 6.07) is 33.8. The predicted molar refractivity (Wildman–Crippen MR) is 112 cm³/mol. The highest BCUT2D eigenvalue weighted by Gasteiger charge is 2.05. The van der Waals surface area contributed by atoms with Gasteiger partial charge in [0, 0.05) is 5.56 Å². The summed E-state index contributed by atoms with van der Waals surface area (Å²) in [6.07, 6.45) is 0. The number of anilines is 1. The second-order valence-corrected chi connectivity index (χ2v) is 6.01. The summed E-state index contributed by atoms with van der Waals surface area (Å²) in [7, 11) is 0. The number of benzene rings is 4. The molecule has 27 heavy (non-hydrogen) atoms. The van der Waals surface area contributed by atoms with Crippen LogP contribution in [-0.2, 0) is 0 Å². The molecule has 0 heterocycles. The van der Waals surface area contributed by atoms with Crippen molar-refractivity contribution in [1.82, 2.24) is 0 Å². The van der Waals surface area contributed by atoms with Crippen LogP contribution in [0.2, 0.25) is 0 Å². The molecule has 4 aromatic carbocycles. The van der Waals surface area contributed by atoms with Gasteiger partial charge in [0.15, 0.2) is 0 Å². The average Bonchev–Trinajstić information content (AvgIpc) is 2.75. The van der Waals surface area contributed by atoms with Crippen molar-refractivity contribution in [3.63, 3.8) is 0 Å². The molecule has 0 bridgehead atoms. The molecule has 4 nitrogen and oxygen atoms in total. The van der Waals surface area contributed by atoms with Crippen molar-refractivity contribution >= 4 is 28.0 Å². The number of nitrogens with one attached hydrogen (secondary N) is 1. The molecular weight excluding hydrogens is 332 g/mol. The van der Waals surface area contributed by atoms with E-state index in [1.807, 2.05) is 78.9 Å². The van der Waals surface area contributed by atoms with E-state index in [-0.39, 0.29) is 0 Å². The Bertz CT molecular complexity index is 1090. The van der Waals surface area contributed by atoms with Gasteiger partial charge in [0.25, 0.3) is 0 Å². The average molecular weight is 350 g/mol.